The molecule has 2 saturated heterocycles. The molecule has 0 saturated carbocycles. The van der Waals surface area contributed by atoms with Crippen LogP contribution in [0.4, 0.5) is 0 Å². The van der Waals surface area contributed by atoms with Crippen LogP contribution in [0.1, 0.15) is 31.7 Å². The zero-order valence-electron chi connectivity index (χ0n) is 15.8. The van der Waals surface area contributed by atoms with Gasteiger partial charge in [0.1, 0.15) is 0 Å². The van der Waals surface area contributed by atoms with Gasteiger partial charge in [-0.25, -0.2) is 0 Å². The minimum Gasteiger partial charge on any atom is -0.381 e. The number of ether oxygens (including phenoxy) is 1. The maximum Gasteiger partial charge on any atom is 0.193 e. The molecule has 2 aliphatic rings. The van der Waals surface area contributed by atoms with E-state index in [2.05, 4.69) is 52.1 Å². The summed E-state index contributed by atoms with van der Waals surface area (Å²) in [7, 11) is 1.89. The molecular formula is C20H30ClN3OS. The van der Waals surface area contributed by atoms with Gasteiger partial charge in [0.2, 0.25) is 0 Å². The summed E-state index contributed by atoms with van der Waals surface area (Å²) < 4.78 is 5.65. The Hall–Kier alpha value is -0.910. The van der Waals surface area contributed by atoms with Gasteiger partial charge in [-0.2, -0.15) is 11.8 Å². The Morgan fingerprint density at radius 3 is 2.92 bits per heavy atom. The van der Waals surface area contributed by atoms with Gasteiger partial charge in [-0.3, -0.25) is 4.99 Å². The number of hydrogen-bond donors (Lipinski definition) is 1. The standard InChI is InChI=1S/C20H30ClN3OS/c1-3-18-14-24(9-12-26-18)19(22-2)23-15-20(7-10-25-11-8-20)16-5-4-6-17(21)13-16/h4-6,13,18H,3,7-12,14-15H2,1-2H3,(H,22,23). The van der Waals surface area contributed by atoms with E-state index in [-0.39, 0.29) is 5.41 Å². The average molecular weight is 396 g/mol. The number of nitrogens with one attached hydrogen (secondary N) is 1. The first-order valence-corrected chi connectivity index (χ1v) is 11.0. The lowest BCUT2D eigenvalue weighted by atomic mass is 9.74. The molecule has 4 nitrogen and oxygen atoms in total. The van der Waals surface area contributed by atoms with E-state index in [0.717, 1.165) is 56.7 Å². The number of aliphatic imine (C=N–C) groups is 1. The van der Waals surface area contributed by atoms with Gasteiger partial charge in [-0.15, -0.1) is 0 Å². The molecule has 0 aliphatic carbocycles. The smallest absolute Gasteiger partial charge is 0.193 e. The number of guanidine groups is 1. The molecule has 2 heterocycles. The van der Waals surface area contributed by atoms with Crippen molar-refractivity contribution >= 4 is 29.3 Å². The van der Waals surface area contributed by atoms with Crippen LogP contribution in [0.2, 0.25) is 5.02 Å². The number of halogens is 1. The molecule has 0 amide bonds. The summed E-state index contributed by atoms with van der Waals surface area (Å²) in [5.41, 5.74) is 1.35. The van der Waals surface area contributed by atoms with Crippen LogP contribution in [-0.4, -0.2) is 61.8 Å². The van der Waals surface area contributed by atoms with E-state index in [9.17, 15) is 0 Å². The van der Waals surface area contributed by atoms with Crippen molar-refractivity contribution in [2.45, 2.75) is 36.9 Å². The highest BCUT2D eigenvalue weighted by Crippen LogP contribution is 2.35. The molecule has 0 aromatic heterocycles. The van der Waals surface area contributed by atoms with Gasteiger partial charge < -0.3 is 15.0 Å². The molecule has 26 heavy (non-hydrogen) atoms. The fourth-order valence-electron chi connectivity index (χ4n) is 3.89. The van der Waals surface area contributed by atoms with Crippen LogP contribution in [0.5, 0.6) is 0 Å². The monoisotopic (exact) mass is 395 g/mol. The van der Waals surface area contributed by atoms with Crippen molar-refractivity contribution < 1.29 is 4.74 Å². The highest BCUT2D eigenvalue weighted by molar-refractivity contribution is 8.00. The number of thioether (sulfide) groups is 1. The third-order valence-electron chi connectivity index (χ3n) is 5.58. The molecule has 0 bridgehead atoms. The van der Waals surface area contributed by atoms with Crippen molar-refractivity contribution in [3.8, 4) is 0 Å². The summed E-state index contributed by atoms with van der Waals surface area (Å²) in [5, 5.41) is 5.18. The SMILES string of the molecule is CCC1CN(C(=NC)NCC2(c3cccc(Cl)c3)CCOCC2)CCS1. The van der Waals surface area contributed by atoms with Crippen LogP contribution < -0.4 is 5.32 Å². The molecule has 1 atom stereocenters. The highest BCUT2D eigenvalue weighted by Gasteiger charge is 2.35. The first-order chi connectivity index (χ1) is 12.7. The summed E-state index contributed by atoms with van der Waals surface area (Å²) in [6.45, 7) is 6.87. The lowest BCUT2D eigenvalue weighted by Crippen LogP contribution is -2.52. The van der Waals surface area contributed by atoms with E-state index in [1.165, 1.54) is 17.7 Å². The Kier molecular flexibility index (Phi) is 7.12. The Morgan fingerprint density at radius 2 is 2.23 bits per heavy atom. The molecule has 144 valence electrons. The summed E-state index contributed by atoms with van der Waals surface area (Å²) in [5.74, 6) is 2.20. The van der Waals surface area contributed by atoms with Crippen LogP contribution in [0.3, 0.4) is 0 Å². The predicted octanol–water partition coefficient (Wildman–Crippen LogP) is 3.79. The van der Waals surface area contributed by atoms with Gasteiger partial charge in [0.25, 0.3) is 0 Å². The second-order valence-corrected chi connectivity index (χ2v) is 9.00. The fraction of sp³-hybridized carbons (Fsp3) is 0.650. The Labute approximate surface area is 166 Å². The molecule has 1 unspecified atom stereocenters. The van der Waals surface area contributed by atoms with Gasteiger partial charge in [-0.05, 0) is 37.0 Å². The van der Waals surface area contributed by atoms with E-state index < -0.39 is 0 Å². The summed E-state index contributed by atoms with van der Waals surface area (Å²) in [6, 6.07) is 8.31. The van der Waals surface area contributed by atoms with Crippen molar-refractivity contribution in [1.82, 2.24) is 10.2 Å². The normalized spacial score (nSPS) is 23.7. The molecule has 0 radical (unpaired) electrons. The topological polar surface area (TPSA) is 36.9 Å². The predicted molar refractivity (Wildman–Crippen MR) is 113 cm³/mol. The van der Waals surface area contributed by atoms with Crippen LogP contribution in [0.25, 0.3) is 0 Å². The Bertz CT molecular complexity index is 619. The van der Waals surface area contributed by atoms with E-state index >= 15 is 0 Å². The molecule has 2 aliphatic heterocycles. The van der Waals surface area contributed by atoms with Crippen molar-refractivity contribution in [2.24, 2.45) is 4.99 Å². The summed E-state index contributed by atoms with van der Waals surface area (Å²) >= 11 is 8.37. The van der Waals surface area contributed by atoms with E-state index in [1.54, 1.807) is 0 Å². The second kappa shape index (κ2) is 9.34. The van der Waals surface area contributed by atoms with Crippen LogP contribution in [-0.2, 0) is 10.2 Å². The zero-order chi connectivity index (χ0) is 18.4. The molecule has 6 heteroatoms. The number of rotatable bonds is 4. The maximum atomic E-state index is 6.28. The Morgan fingerprint density at radius 1 is 1.42 bits per heavy atom. The first-order valence-electron chi connectivity index (χ1n) is 9.58. The summed E-state index contributed by atoms with van der Waals surface area (Å²) in [4.78, 5) is 6.98. The van der Waals surface area contributed by atoms with Gasteiger partial charge in [-0.1, -0.05) is 30.7 Å². The van der Waals surface area contributed by atoms with Crippen molar-refractivity contribution in [1.29, 1.82) is 0 Å². The molecule has 1 aromatic carbocycles. The van der Waals surface area contributed by atoms with Crippen molar-refractivity contribution in [2.75, 3.05) is 45.6 Å². The largest absolute Gasteiger partial charge is 0.381 e. The van der Waals surface area contributed by atoms with Crippen LogP contribution in [0.15, 0.2) is 29.3 Å². The van der Waals surface area contributed by atoms with Crippen LogP contribution >= 0.6 is 23.4 Å². The highest BCUT2D eigenvalue weighted by atomic mass is 35.5. The first kappa shape index (κ1) is 19.8. The van der Waals surface area contributed by atoms with E-state index in [0.29, 0.717) is 5.25 Å². The zero-order valence-corrected chi connectivity index (χ0v) is 17.4. The number of benzene rings is 1. The summed E-state index contributed by atoms with van der Waals surface area (Å²) in [6.07, 6.45) is 3.22. The van der Waals surface area contributed by atoms with Gasteiger partial charge in [0.05, 0.1) is 0 Å². The maximum absolute atomic E-state index is 6.28. The quantitative estimate of drug-likeness (QED) is 0.621. The number of nitrogens with zero attached hydrogens (tertiary/aromatic N) is 2. The van der Waals surface area contributed by atoms with Crippen molar-refractivity contribution in [3.05, 3.63) is 34.9 Å². The minimum absolute atomic E-state index is 0.0494. The third-order valence-corrected chi connectivity index (χ3v) is 7.18. The second-order valence-electron chi connectivity index (χ2n) is 7.15. The fourth-order valence-corrected chi connectivity index (χ4v) is 5.26. The van der Waals surface area contributed by atoms with Crippen LogP contribution in [0, 0.1) is 0 Å². The third kappa shape index (κ3) is 4.68. The van der Waals surface area contributed by atoms with Crippen molar-refractivity contribution in [3.63, 3.8) is 0 Å². The lowest BCUT2D eigenvalue weighted by Gasteiger charge is -2.40. The molecule has 2 fully saturated rings. The molecular weight excluding hydrogens is 366 g/mol. The van der Waals surface area contributed by atoms with E-state index in [4.69, 9.17) is 16.3 Å². The molecule has 3 rings (SSSR count). The van der Waals surface area contributed by atoms with Gasteiger partial charge in [0.15, 0.2) is 5.96 Å². The van der Waals surface area contributed by atoms with Gasteiger partial charge in [0, 0.05) is 61.3 Å². The van der Waals surface area contributed by atoms with E-state index in [1.807, 2.05) is 13.1 Å². The number of hydrogen-bond acceptors (Lipinski definition) is 3. The lowest BCUT2D eigenvalue weighted by molar-refractivity contribution is 0.0512. The molecule has 0 spiro atoms. The van der Waals surface area contributed by atoms with Gasteiger partial charge >= 0.3 is 0 Å². The average Bonchev–Trinajstić information content (AvgIpc) is 2.69. The minimum atomic E-state index is 0.0494. The molecule has 1 N–H and O–H groups in total. The molecule has 1 aromatic rings. The Balaban J connectivity index is 1.73.